The van der Waals surface area contributed by atoms with Crippen LogP contribution in [0.1, 0.15) is 28.8 Å². The van der Waals surface area contributed by atoms with E-state index in [1.54, 1.807) is 14.2 Å². The molecule has 1 aromatic carbocycles. The maximum Gasteiger partial charge on any atom is 0.254 e. The van der Waals surface area contributed by atoms with E-state index in [1.807, 2.05) is 29.2 Å². The number of rotatable bonds is 6. The number of nitrogens with zero attached hydrogens (tertiary/aromatic N) is 1. The molecule has 0 unspecified atom stereocenters. The van der Waals surface area contributed by atoms with Gasteiger partial charge in [0.25, 0.3) is 5.91 Å². The Morgan fingerprint density at radius 1 is 1.28 bits per heavy atom. The molecule has 0 radical (unpaired) electrons. The Hall–Kier alpha value is -1.39. The summed E-state index contributed by atoms with van der Waals surface area (Å²) >= 11 is 0. The minimum absolute atomic E-state index is 0.136. The van der Waals surface area contributed by atoms with Crippen molar-refractivity contribution in [3.8, 4) is 0 Å². The number of ether oxygens (including phenoxy) is 2. The van der Waals surface area contributed by atoms with Crippen LogP contribution in [0, 0.1) is 0 Å². The fourth-order valence-electron chi connectivity index (χ4n) is 2.28. The molecule has 0 saturated carbocycles. The van der Waals surface area contributed by atoms with Crippen LogP contribution in [-0.4, -0.2) is 37.9 Å². The zero-order valence-electron chi connectivity index (χ0n) is 10.9. The lowest BCUT2D eigenvalue weighted by Gasteiger charge is -2.18. The molecule has 0 saturated heterocycles. The van der Waals surface area contributed by atoms with Gasteiger partial charge in [0.1, 0.15) is 0 Å². The van der Waals surface area contributed by atoms with Crippen molar-refractivity contribution in [3.63, 3.8) is 0 Å². The molecule has 4 nitrogen and oxygen atoms in total. The van der Waals surface area contributed by atoms with Crippen LogP contribution < -0.4 is 0 Å². The van der Waals surface area contributed by atoms with Gasteiger partial charge in [0.05, 0.1) is 0 Å². The van der Waals surface area contributed by atoms with Crippen molar-refractivity contribution in [2.24, 2.45) is 0 Å². The molecule has 0 fully saturated rings. The summed E-state index contributed by atoms with van der Waals surface area (Å²) in [7, 11) is 3.26. The second kappa shape index (κ2) is 5.98. The number of amides is 1. The standard InChI is InChI=1S/C14H19NO3/c1-17-13(18-2)8-5-9-15-10-11-6-3-4-7-12(11)14(15)16/h3-4,6-7,13H,5,8-10H2,1-2H3. The highest BCUT2D eigenvalue weighted by Crippen LogP contribution is 2.22. The number of hydrogen-bond acceptors (Lipinski definition) is 3. The maximum atomic E-state index is 12.1. The SMILES string of the molecule is COC(CCCN1Cc2ccccc2C1=O)OC. The van der Waals surface area contributed by atoms with Crippen LogP contribution in [0.2, 0.25) is 0 Å². The number of methoxy groups -OCH3 is 2. The summed E-state index contributed by atoms with van der Waals surface area (Å²) in [5, 5.41) is 0. The van der Waals surface area contributed by atoms with Gasteiger partial charge in [-0.15, -0.1) is 0 Å². The van der Waals surface area contributed by atoms with E-state index in [0.29, 0.717) is 0 Å². The predicted octanol–water partition coefficient (Wildman–Crippen LogP) is 2.04. The maximum absolute atomic E-state index is 12.1. The first kappa shape index (κ1) is 13.1. The monoisotopic (exact) mass is 249 g/mol. The van der Waals surface area contributed by atoms with E-state index in [1.165, 1.54) is 0 Å². The predicted molar refractivity (Wildman–Crippen MR) is 68.2 cm³/mol. The number of hydrogen-bond donors (Lipinski definition) is 0. The van der Waals surface area contributed by atoms with E-state index in [0.717, 1.165) is 37.1 Å². The Kier molecular flexibility index (Phi) is 4.33. The fourth-order valence-corrected chi connectivity index (χ4v) is 2.28. The molecule has 1 aliphatic rings. The van der Waals surface area contributed by atoms with Gasteiger partial charge in [-0.2, -0.15) is 0 Å². The van der Waals surface area contributed by atoms with Crippen LogP contribution in [0.3, 0.4) is 0 Å². The third-order valence-electron chi connectivity index (χ3n) is 3.29. The van der Waals surface area contributed by atoms with Crippen LogP contribution >= 0.6 is 0 Å². The summed E-state index contributed by atoms with van der Waals surface area (Å²) in [6.45, 7) is 1.47. The molecule has 2 rings (SSSR count). The van der Waals surface area contributed by atoms with Gasteiger partial charge >= 0.3 is 0 Å². The average molecular weight is 249 g/mol. The highest BCUT2D eigenvalue weighted by atomic mass is 16.7. The fraction of sp³-hybridized carbons (Fsp3) is 0.500. The second-order valence-electron chi connectivity index (χ2n) is 4.43. The van der Waals surface area contributed by atoms with Crippen LogP contribution in [0.4, 0.5) is 0 Å². The lowest BCUT2D eigenvalue weighted by molar-refractivity contribution is -0.107. The highest BCUT2D eigenvalue weighted by molar-refractivity contribution is 5.98. The van der Waals surface area contributed by atoms with Crippen LogP contribution in [0.25, 0.3) is 0 Å². The number of benzene rings is 1. The molecule has 0 atom stereocenters. The molecule has 4 heteroatoms. The quantitative estimate of drug-likeness (QED) is 0.724. The second-order valence-corrected chi connectivity index (χ2v) is 4.43. The molecule has 98 valence electrons. The summed E-state index contributed by atoms with van der Waals surface area (Å²) in [4.78, 5) is 14.0. The average Bonchev–Trinajstić information content (AvgIpc) is 2.72. The van der Waals surface area contributed by atoms with Crippen molar-refractivity contribution in [3.05, 3.63) is 35.4 Å². The van der Waals surface area contributed by atoms with Gasteiger partial charge in [0.2, 0.25) is 0 Å². The van der Waals surface area contributed by atoms with Gasteiger partial charge in [0, 0.05) is 39.3 Å². The van der Waals surface area contributed by atoms with E-state index in [-0.39, 0.29) is 12.2 Å². The van der Waals surface area contributed by atoms with E-state index >= 15 is 0 Å². The van der Waals surface area contributed by atoms with E-state index in [4.69, 9.17) is 9.47 Å². The van der Waals surface area contributed by atoms with Crippen LogP contribution in [0.5, 0.6) is 0 Å². The van der Waals surface area contributed by atoms with E-state index in [2.05, 4.69) is 0 Å². The molecule has 0 spiro atoms. The Bertz CT molecular complexity index is 415. The molecule has 1 amide bonds. The normalized spacial score (nSPS) is 14.4. The zero-order chi connectivity index (χ0) is 13.0. The summed E-state index contributed by atoms with van der Waals surface area (Å²) in [5.41, 5.74) is 1.96. The highest BCUT2D eigenvalue weighted by Gasteiger charge is 2.26. The lowest BCUT2D eigenvalue weighted by Crippen LogP contribution is -2.26. The van der Waals surface area contributed by atoms with Crippen LogP contribution in [0.15, 0.2) is 24.3 Å². The smallest absolute Gasteiger partial charge is 0.254 e. The molecule has 1 heterocycles. The number of carbonyl (C=O) groups is 1. The van der Waals surface area contributed by atoms with Gasteiger partial charge in [-0.3, -0.25) is 4.79 Å². The van der Waals surface area contributed by atoms with Gasteiger partial charge in [-0.05, 0) is 18.1 Å². The van der Waals surface area contributed by atoms with Crippen molar-refractivity contribution in [1.29, 1.82) is 0 Å². The molecule has 18 heavy (non-hydrogen) atoms. The van der Waals surface area contributed by atoms with Crippen molar-refractivity contribution in [2.45, 2.75) is 25.7 Å². The molecular weight excluding hydrogens is 230 g/mol. The minimum Gasteiger partial charge on any atom is -0.356 e. The third kappa shape index (κ3) is 2.71. The van der Waals surface area contributed by atoms with Gasteiger partial charge < -0.3 is 14.4 Å². The summed E-state index contributed by atoms with van der Waals surface area (Å²) in [6, 6.07) is 7.79. The Labute approximate surface area is 107 Å². The number of carbonyl (C=O) groups excluding carboxylic acids is 1. The van der Waals surface area contributed by atoms with Crippen molar-refractivity contribution >= 4 is 5.91 Å². The first-order valence-electron chi connectivity index (χ1n) is 6.19. The zero-order valence-corrected chi connectivity index (χ0v) is 10.9. The van der Waals surface area contributed by atoms with Crippen LogP contribution in [-0.2, 0) is 16.0 Å². The largest absolute Gasteiger partial charge is 0.356 e. The molecule has 1 aliphatic heterocycles. The molecule has 0 bridgehead atoms. The Morgan fingerprint density at radius 3 is 2.67 bits per heavy atom. The summed E-state index contributed by atoms with van der Waals surface area (Å²) in [6.07, 6.45) is 1.50. The van der Waals surface area contributed by atoms with Gasteiger partial charge in [-0.25, -0.2) is 0 Å². The molecule has 0 N–H and O–H groups in total. The van der Waals surface area contributed by atoms with Gasteiger partial charge in [0.15, 0.2) is 6.29 Å². The minimum atomic E-state index is -0.176. The van der Waals surface area contributed by atoms with Gasteiger partial charge in [-0.1, -0.05) is 18.2 Å². The third-order valence-corrected chi connectivity index (χ3v) is 3.29. The van der Waals surface area contributed by atoms with E-state index in [9.17, 15) is 4.79 Å². The van der Waals surface area contributed by atoms with Crippen molar-refractivity contribution in [2.75, 3.05) is 20.8 Å². The summed E-state index contributed by atoms with van der Waals surface area (Å²) in [5.74, 6) is 0.136. The Morgan fingerprint density at radius 2 is 2.00 bits per heavy atom. The summed E-state index contributed by atoms with van der Waals surface area (Å²) < 4.78 is 10.3. The first-order chi connectivity index (χ1) is 8.76. The Balaban J connectivity index is 1.85. The molecule has 0 aromatic heterocycles. The first-order valence-corrected chi connectivity index (χ1v) is 6.19. The van der Waals surface area contributed by atoms with Crippen molar-refractivity contribution in [1.82, 2.24) is 4.90 Å². The molecule has 0 aliphatic carbocycles. The van der Waals surface area contributed by atoms with E-state index < -0.39 is 0 Å². The molecule has 1 aromatic rings. The topological polar surface area (TPSA) is 38.8 Å². The lowest BCUT2D eigenvalue weighted by atomic mass is 10.1. The number of fused-ring (bicyclic) bond motifs is 1. The van der Waals surface area contributed by atoms with Crippen molar-refractivity contribution < 1.29 is 14.3 Å². The molecular formula is C14H19NO3.